The van der Waals surface area contributed by atoms with Gasteiger partial charge in [0.15, 0.2) is 0 Å². The van der Waals surface area contributed by atoms with Crippen LogP contribution >= 0.6 is 0 Å². The molecule has 0 amide bonds. The third kappa shape index (κ3) is 2.55. The van der Waals surface area contributed by atoms with E-state index in [4.69, 9.17) is 9.73 Å². The maximum Gasteiger partial charge on any atom is 0.216 e. The maximum atomic E-state index is 13.2. The summed E-state index contributed by atoms with van der Waals surface area (Å²) in [6.07, 6.45) is 7.89. The first-order valence-corrected chi connectivity index (χ1v) is 8.64. The Morgan fingerprint density at radius 3 is 2.14 bits per heavy atom. The molecule has 118 valence electrons. The van der Waals surface area contributed by atoms with Gasteiger partial charge in [0.05, 0.1) is 12.1 Å². The van der Waals surface area contributed by atoms with Gasteiger partial charge in [0.1, 0.15) is 5.82 Å². The fraction of sp³-hybridized carbons (Fsp3) is 0.632. The highest BCUT2D eigenvalue weighted by Gasteiger charge is 2.51. The van der Waals surface area contributed by atoms with Crippen LogP contribution in [0.5, 0.6) is 0 Å². The average molecular weight is 301 g/mol. The first-order valence-electron chi connectivity index (χ1n) is 8.64. The molecule has 0 unspecified atom stereocenters. The number of aliphatic imine (C=N–C) groups is 1. The topological polar surface area (TPSA) is 21.6 Å². The summed E-state index contributed by atoms with van der Waals surface area (Å²) < 4.78 is 19.0. The van der Waals surface area contributed by atoms with Crippen LogP contribution < -0.4 is 0 Å². The smallest absolute Gasteiger partial charge is 0.216 e. The number of nitrogens with zero attached hydrogens (tertiary/aromatic N) is 1. The lowest BCUT2D eigenvalue weighted by Gasteiger charge is -2.55. The van der Waals surface area contributed by atoms with Crippen LogP contribution in [0.4, 0.5) is 4.39 Å². The molecule has 5 rings (SSSR count). The lowest BCUT2D eigenvalue weighted by atomic mass is 9.53. The second-order valence-electron chi connectivity index (χ2n) is 7.50. The molecule has 1 aromatic rings. The van der Waals surface area contributed by atoms with Crippen molar-refractivity contribution in [1.82, 2.24) is 0 Å². The fourth-order valence-electron chi connectivity index (χ4n) is 5.33. The molecule has 4 fully saturated rings. The minimum Gasteiger partial charge on any atom is -0.478 e. The van der Waals surface area contributed by atoms with Crippen LogP contribution in [-0.4, -0.2) is 18.0 Å². The van der Waals surface area contributed by atoms with Crippen LogP contribution in [0.2, 0.25) is 0 Å². The SMILES string of the molecule is CCOC(=NC12CC3CC(CC(C3)C1)C2)c1ccc(F)cc1. The first kappa shape index (κ1) is 14.2. The molecule has 4 bridgehead atoms. The van der Waals surface area contributed by atoms with Crippen molar-refractivity contribution >= 4 is 5.90 Å². The summed E-state index contributed by atoms with van der Waals surface area (Å²) in [5, 5.41) is 0. The van der Waals surface area contributed by atoms with Gasteiger partial charge in [-0.1, -0.05) is 0 Å². The van der Waals surface area contributed by atoms with E-state index in [0.29, 0.717) is 12.5 Å². The molecule has 2 nitrogen and oxygen atoms in total. The summed E-state index contributed by atoms with van der Waals surface area (Å²) in [5.41, 5.74) is 0.993. The lowest BCUT2D eigenvalue weighted by Crippen LogP contribution is -2.49. The lowest BCUT2D eigenvalue weighted by molar-refractivity contribution is 0.000612. The van der Waals surface area contributed by atoms with E-state index in [2.05, 4.69) is 0 Å². The molecule has 0 radical (unpaired) electrons. The van der Waals surface area contributed by atoms with Crippen LogP contribution in [0.3, 0.4) is 0 Å². The van der Waals surface area contributed by atoms with E-state index in [-0.39, 0.29) is 11.4 Å². The van der Waals surface area contributed by atoms with Gasteiger partial charge < -0.3 is 4.74 Å². The van der Waals surface area contributed by atoms with Crippen molar-refractivity contribution in [2.24, 2.45) is 22.7 Å². The summed E-state index contributed by atoms with van der Waals surface area (Å²) >= 11 is 0. The summed E-state index contributed by atoms with van der Waals surface area (Å²) in [6.45, 7) is 2.58. The largest absolute Gasteiger partial charge is 0.478 e. The van der Waals surface area contributed by atoms with Crippen molar-refractivity contribution < 1.29 is 9.13 Å². The molecule has 1 aromatic carbocycles. The molecule has 0 aromatic heterocycles. The molecule has 0 aliphatic heterocycles. The standard InChI is InChI=1S/C19H24FNO/c1-2-22-18(16-3-5-17(20)6-4-16)21-19-10-13-7-14(11-19)9-15(8-13)12-19/h3-6,13-15H,2,7-12H2,1H3. The molecule has 0 atom stereocenters. The minimum atomic E-state index is -0.214. The molecule has 0 heterocycles. The van der Waals surface area contributed by atoms with Gasteiger partial charge in [-0.05, 0) is 87.5 Å². The Hall–Kier alpha value is -1.38. The van der Waals surface area contributed by atoms with E-state index in [1.807, 2.05) is 6.92 Å². The minimum absolute atomic E-state index is 0.0909. The van der Waals surface area contributed by atoms with Crippen molar-refractivity contribution in [1.29, 1.82) is 0 Å². The fourth-order valence-corrected chi connectivity index (χ4v) is 5.33. The molecule has 3 heteroatoms. The zero-order valence-corrected chi connectivity index (χ0v) is 13.2. The third-order valence-electron chi connectivity index (χ3n) is 5.72. The average Bonchev–Trinajstić information content (AvgIpc) is 2.46. The van der Waals surface area contributed by atoms with Gasteiger partial charge in [-0.2, -0.15) is 0 Å². The normalized spacial score (nSPS) is 36.6. The second-order valence-corrected chi connectivity index (χ2v) is 7.50. The van der Waals surface area contributed by atoms with Crippen LogP contribution in [0.25, 0.3) is 0 Å². The summed E-state index contributed by atoms with van der Waals surface area (Å²) in [7, 11) is 0. The van der Waals surface area contributed by atoms with Crippen molar-refractivity contribution in [3.8, 4) is 0 Å². The Balaban J connectivity index is 1.67. The van der Waals surface area contributed by atoms with E-state index in [1.54, 1.807) is 12.1 Å². The van der Waals surface area contributed by atoms with Gasteiger partial charge in [0.25, 0.3) is 0 Å². The molecule has 0 N–H and O–H groups in total. The Kier molecular flexibility index (Phi) is 3.47. The Bertz CT molecular complexity index is 542. The quantitative estimate of drug-likeness (QED) is 0.591. The molecular weight excluding hydrogens is 277 g/mol. The van der Waals surface area contributed by atoms with Crippen molar-refractivity contribution in [2.75, 3.05) is 6.61 Å². The van der Waals surface area contributed by atoms with Gasteiger partial charge in [-0.3, -0.25) is 0 Å². The number of rotatable bonds is 3. The monoisotopic (exact) mass is 301 g/mol. The van der Waals surface area contributed by atoms with Crippen molar-refractivity contribution in [3.05, 3.63) is 35.6 Å². The van der Waals surface area contributed by atoms with E-state index in [0.717, 1.165) is 23.3 Å². The maximum absolute atomic E-state index is 13.2. The van der Waals surface area contributed by atoms with Crippen molar-refractivity contribution in [3.63, 3.8) is 0 Å². The first-order chi connectivity index (χ1) is 10.7. The van der Waals surface area contributed by atoms with Gasteiger partial charge in [-0.15, -0.1) is 0 Å². The highest BCUT2D eigenvalue weighted by Crippen LogP contribution is 2.57. The van der Waals surface area contributed by atoms with Gasteiger partial charge >= 0.3 is 0 Å². The van der Waals surface area contributed by atoms with Gasteiger partial charge in [0, 0.05) is 5.56 Å². The summed E-state index contributed by atoms with van der Waals surface area (Å²) in [4.78, 5) is 5.13. The van der Waals surface area contributed by atoms with Crippen LogP contribution in [-0.2, 0) is 4.74 Å². The summed E-state index contributed by atoms with van der Waals surface area (Å²) in [5.74, 6) is 3.10. The number of ether oxygens (including phenoxy) is 1. The highest BCUT2D eigenvalue weighted by molar-refractivity contribution is 5.94. The molecule has 4 aliphatic carbocycles. The Labute approximate surface area is 131 Å². The molecule has 22 heavy (non-hydrogen) atoms. The van der Waals surface area contributed by atoms with E-state index < -0.39 is 0 Å². The Morgan fingerprint density at radius 1 is 1.09 bits per heavy atom. The highest BCUT2D eigenvalue weighted by atomic mass is 19.1. The number of hydrogen-bond acceptors (Lipinski definition) is 2. The van der Waals surface area contributed by atoms with Crippen LogP contribution in [0.15, 0.2) is 29.3 Å². The molecule has 4 saturated carbocycles. The van der Waals surface area contributed by atoms with Crippen molar-refractivity contribution in [2.45, 2.75) is 51.0 Å². The van der Waals surface area contributed by atoms with Gasteiger partial charge in [0.2, 0.25) is 5.90 Å². The number of hydrogen-bond donors (Lipinski definition) is 0. The van der Waals surface area contributed by atoms with Crippen LogP contribution in [0, 0.1) is 23.6 Å². The zero-order valence-electron chi connectivity index (χ0n) is 13.2. The Morgan fingerprint density at radius 2 is 1.64 bits per heavy atom. The summed E-state index contributed by atoms with van der Waals surface area (Å²) in [6, 6.07) is 6.54. The van der Waals surface area contributed by atoms with E-state index >= 15 is 0 Å². The predicted octanol–water partition coefficient (Wildman–Crippen LogP) is 4.58. The number of halogens is 1. The van der Waals surface area contributed by atoms with Gasteiger partial charge in [-0.25, -0.2) is 9.38 Å². The predicted molar refractivity (Wildman–Crippen MR) is 85.5 cm³/mol. The second kappa shape index (κ2) is 5.36. The number of benzene rings is 1. The molecular formula is C19H24FNO. The molecule has 0 saturated heterocycles. The van der Waals surface area contributed by atoms with Crippen LogP contribution in [0.1, 0.15) is 51.0 Å². The van der Waals surface area contributed by atoms with E-state index in [1.165, 1.54) is 50.7 Å². The zero-order chi connectivity index (χ0) is 15.2. The molecule has 0 spiro atoms. The molecule has 4 aliphatic rings. The third-order valence-corrected chi connectivity index (χ3v) is 5.72. The van der Waals surface area contributed by atoms with E-state index in [9.17, 15) is 4.39 Å².